The predicted molar refractivity (Wildman–Crippen MR) is 89.8 cm³/mol. The molecule has 3 heterocycles. The van der Waals surface area contributed by atoms with Crippen LogP contribution in [0, 0.1) is 20.8 Å². The normalized spacial score (nSPS) is 11.2. The molecule has 0 bridgehead atoms. The van der Waals surface area contributed by atoms with E-state index in [0.717, 1.165) is 21.1 Å². The summed E-state index contributed by atoms with van der Waals surface area (Å²) in [5, 5.41) is 2.04. The van der Waals surface area contributed by atoms with Gasteiger partial charge in [0, 0.05) is 10.3 Å². The van der Waals surface area contributed by atoms with E-state index in [2.05, 4.69) is 38.8 Å². The summed E-state index contributed by atoms with van der Waals surface area (Å²) in [7, 11) is 0. The van der Waals surface area contributed by atoms with Gasteiger partial charge in [0.2, 0.25) is 11.9 Å². The van der Waals surface area contributed by atoms with Crippen LogP contribution >= 0.6 is 23.1 Å². The molecule has 0 amide bonds. The molecule has 0 radical (unpaired) electrons. The van der Waals surface area contributed by atoms with Crippen molar-refractivity contribution in [2.45, 2.75) is 31.6 Å². The summed E-state index contributed by atoms with van der Waals surface area (Å²) < 4.78 is 0. The third kappa shape index (κ3) is 2.81. The Morgan fingerprint density at radius 3 is 2.32 bits per heavy atom. The molecule has 0 aliphatic rings. The average Bonchev–Trinajstić information content (AvgIpc) is 2.70. The zero-order chi connectivity index (χ0) is 15.9. The average molecular weight is 333 g/mol. The highest BCUT2D eigenvalue weighted by Crippen LogP contribution is 2.35. The lowest BCUT2D eigenvalue weighted by molar-refractivity contribution is 0.978. The van der Waals surface area contributed by atoms with E-state index in [1.165, 1.54) is 10.4 Å². The number of aryl methyl sites for hydroxylation is 3. The minimum absolute atomic E-state index is 0.134. The maximum absolute atomic E-state index is 5.60. The van der Waals surface area contributed by atoms with Crippen molar-refractivity contribution in [3.8, 4) is 0 Å². The van der Waals surface area contributed by atoms with E-state index < -0.39 is 0 Å². The third-order valence-corrected chi connectivity index (χ3v) is 5.23. The highest BCUT2D eigenvalue weighted by molar-refractivity contribution is 7.98. The fourth-order valence-electron chi connectivity index (χ4n) is 2.07. The van der Waals surface area contributed by atoms with Gasteiger partial charge in [-0.15, -0.1) is 11.3 Å². The first-order chi connectivity index (χ1) is 10.4. The fourth-order valence-corrected chi connectivity index (χ4v) is 4.20. The molecule has 7 nitrogen and oxygen atoms in total. The van der Waals surface area contributed by atoms with Crippen LogP contribution in [-0.4, -0.2) is 24.9 Å². The Morgan fingerprint density at radius 1 is 0.955 bits per heavy atom. The van der Waals surface area contributed by atoms with E-state index in [4.69, 9.17) is 11.5 Å². The van der Waals surface area contributed by atoms with Crippen molar-refractivity contribution in [3.05, 3.63) is 22.1 Å². The molecule has 0 saturated carbocycles. The highest BCUT2D eigenvalue weighted by atomic mass is 32.2. The van der Waals surface area contributed by atoms with Gasteiger partial charge in [-0.25, -0.2) is 9.97 Å². The van der Waals surface area contributed by atoms with Gasteiger partial charge in [-0.2, -0.15) is 15.0 Å². The second-order valence-corrected chi connectivity index (χ2v) is 6.96. The van der Waals surface area contributed by atoms with Crippen molar-refractivity contribution in [3.63, 3.8) is 0 Å². The van der Waals surface area contributed by atoms with Crippen LogP contribution in [0.5, 0.6) is 0 Å². The summed E-state index contributed by atoms with van der Waals surface area (Å²) >= 11 is 3.24. The number of nitrogens with zero attached hydrogens (tertiary/aromatic N) is 5. The maximum atomic E-state index is 5.60. The second-order valence-electron chi connectivity index (χ2n) is 4.80. The molecule has 3 rings (SSSR count). The first-order valence-corrected chi connectivity index (χ1v) is 8.37. The Labute approximate surface area is 135 Å². The Bertz CT molecular complexity index is 839. The van der Waals surface area contributed by atoms with Gasteiger partial charge in [-0.05, 0) is 26.3 Å². The third-order valence-electron chi connectivity index (χ3n) is 3.16. The predicted octanol–water partition coefficient (Wildman–Crippen LogP) is 2.26. The van der Waals surface area contributed by atoms with Gasteiger partial charge in [0.25, 0.3) is 0 Å². The molecular formula is C13H15N7S2. The standard InChI is InChI=1S/C13H15N7S2/c1-5-6(2)22-11-9(5)10(16-7(3)17-11)21-4-8-18-12(14)20-13(15)19-8/h4H2,1-3H3,(H4,14,15,18,19,20). The van der Waals surface area contributed by atoms with Crippen LogP contribution in [0.4, 0.5) is 11.9 Å². The van der Waals surface area contributed by atoms with E-state index in [1.54, 1.807) is 23.1 Å². The number of rotatable bonds is 3. The van der Waals surface area contributed by atoms with Crippen LogP contribution in [0.25, 0.3) is 10.2 Å². The maximum Gasteiger partial charge on any atom is 0.225 e. The lowest BCUT2D eigenvalue weighted by atomic mass is 10.2. The van der Waals surface area contributed by atoms with Crippen molar-refractivity contribution in [2.75, 3.05) is 11.5 Å². The summed E-state index contributed by atoms with van der Waals surface area (Å²) in [6.07, 6.45) is 0. The van der Waals surface area contributed by atoms with Crippen molar-refractivity contribution in [1.29, 1.82) is 0 Å². The van der Waals surface area contributed by atoms with Gasteiger partial charge >= 0.3 is 0 Å². The molecule has 9 heteroatoms. The van der Waals surface area contributed by atoms with Crippen LogP contribution in [0.1, 0.15) is 22.1 Å². The minimum Gasteiger partial charge on any atom is -0.368 e. The number of anilines is 2. The number of hydrogen-bond donors (Lipinski definition) is 2. The van der Waals surface area contributed by atoms with Gasteiger partial charge in [0.1, 0.15) is 21.5 Å². The first kappa shape index (κ1) is 14.9. The van der Waals surface area contributed by atoms with Crippen LogP contribution in [0.3, 0.4) is 0 Å². The summed E-state index contributed by atoms with van der Waals surface area (Å²) in [5.41, 5.74) is 12.4. The van der Waals surface area contributed by atoms with Gasteiger partial charge in [0.15, 0.2) is 0 Å². The summed E-state index contributed by atoms with van der Waals surface area (Å²) in [6.45, 7) is 6.08. The number of aromatic nitrogens is 5. The van der Waals surface area contributed by atoms with E-state index in [1.807, 2.05) is 6.92 Å². The first-order valence-electron chi connectivity index (χ1n) is 6.57. The number of thioether (sulfide) groups is 1. The van der Waals surface area contributed by atoms with Crippen molar-refractivity contribution < 1.29 is 0 Å². The molecule has 0 aliphatic carbocycles. The quantitative estimate of drug-likeness (QED) is 0.554. The smallest absolute Gasteiger partial charge is 0.225 e. The molecular weight excluding hydrogens is 318 g/mol. The highest BCUT2D eigenvalue weighted by Gasteiger charge is 2.14. The van der Waals surface area contributed by atoms with Gasteiger partial charge < -0.3 is 11.5 Å². The fraction of sp³-hybridized carbons (Fsp3) is 0.308. The monoisotopic (exact) mass is 333 g/mol. The molecule has 0 atom stereocenters. The molecule has 0 saturated heterocycles. The molecule has 4 N–H and O–H groups in total. The van der Waals surface area contributed by atoms with Gasteiger partial charge in [0.05, 0.1) is 5.75 Å². The molecule has 0 aromatic carbocycles. The van der Waals surface area contributed by atoms with Crippen LogP contribution in [0.2, 0.25) is 0 Å². The second kappa shape index (κ2) is 5.65. The molecule has 3 aromatic heterocycles. The topological polar surface area (TPSA) is 116 Å². The Hall–Kier alpha value is -2.00. The SMILES string of the molecule is Cc1nc(SCc2nc(N)nc(N)n2)c2c(C)c(C)sc2n1. The number of thiophene rings is 1. The van der Waals surface area contributed by atoms with Crippen molar-refractivity contribution >= 4 is 45.2 Å². The molecule has 0 fully saturated rings. The summed E-state index contributed by atoms with van der Waals surface area (Å²) in [6, 6.07) is 0. The number of hydrogen-bond acceptors (Lipinski definition) is 9. The van der Waals surface area contributed by atoms with Crippen LogP contribution in [0.15, 0.2) is 5.03 Å². The molecule has 22 heavy (non-hydrogen) atoms. The molecule has 3 aromatic rings. The zero-order valence-electron chi connectivity index (χ0n) is 12.4. The molecule has 0 spiro atoms. The number of nitrogens with two attached hydrogens (primary N) is 2. The van der Waals surface area contributed by atoms with Gasteiger partial charge in [-0.3, -0.25) is 0 Å². The Kier molecular flexibility index (Phi) is 3.83. The lowest BCUT2D eigenvalue weighted by Crippen LogP contribution is -2.06. The van der Waals surface area contributed by atoms with E-state index >= 15 is 0 Å². The van der Waals surface area contributed by atoms with E-state index in [-0.39, 0.29) is 11.9 Å². The lowest BCUT2D eigenvalue weighted by Gasteiger charge is -2.05. The van der Waals surface area contributed by atoms with E-state index in [0.29, 0.717) is 11.6 Å². The minimum atomic E-state index is 0.134. The summed E-state index contributed by atoms with van der Waals surface area (Å²) in [4.78, 5) is 23.3. The van der Waals surface area contributed by atoms with Crippen molar-refractivity contribution in [1.82, 2.24) is 24.9 Å². The van der Waals surface area contributed by atoms with Crippen molar-refractivity contribution in [2.24, 2.45) is 0 Å². The molecule has 0 unspecified atom stereocenters. The van der Waals surface area contributed by atoms with Crippen LogP contribution in [-0.2, 0) is 5.75 Å². The zero-order valence-corrected chi connectivity index (χ0v) is 14.0. The van der Waals surface area contributed by atoms with Crippen LogP contribution < -0.4 is 11.5 Å². The van der Waals surface area contributed by atoms with Gasteiger partial charge in [-0.1, -0.05) is 11.8 Å². The molecule has 0 aliphatic heterocycles. The number of nitrogen functional groups attached to an aromatic ring is 2. The molecule has 114 valence electrons. The Morgan fingerprint density at radius 2 is 1.64 bits per heavy atom. The Balaban J connectivity index is 1.96. The largest absolute Gasteiger partial charge is 0.368 e. The van der Waals surface area contributed by atoms with E-state index in [9.17, 15) is 0 Å². The summed E-state index contributed by atoms with van der Waals surface area (Å²) in [5.74, 6) is 2.09. The number of fused-ring (bicyclic) bond motifs is 1.